The minimum Gasteiger partial charge on any atom is -0.481 e. The van der Waals surface area contributed by atoms with Gasteiger partial charge in [0.2, 0.25) is 0 Å². The Morgan fingerprint density at radius 3 is 2.00 bits per heavy atom. The molecule has 184 valence electrons. The van der Waals surface area contributed by atoms with E-state index in [0.717, 1.165) is 51.4 Å². The molecule has 0 saturated carbocycles. The topological polar surface area (TPSA) is 107 Å². The molecule has 0 amide bonds. The molecule has 2 rings (SSSR count). The van der Waals surface area contributed by atoms with Gasteiger partial charge in [0, 0.05) is 11.8 Å². The van der Waals surface area contributed by atoms with Gasteiger partial charge in [0.25, 0.3) is 0 Å². The highest BCUT2D eigenvalue weighted by atomic mass is 16.5. The van der Waals surface area contributed by atoms with Gasteiger partial charge in [0.05, 0.1) is 26.1 Å². The zero-order chi connectivity index (χ0) is 24.5. The van der Waals surface area contributed by atoms with Crippen molar-refractivity contribution in [3.8, 4) is 0 Å². The first-order valence-electron chi connectivity index (χ1n) is 12.2. The van der Waals surface area contributed by atoms with Gasteiger partial charge >= 0.3 is 17.9 Å². The van der Waals surface area contributed by atoms with Gasteiger partial charge in [-0.25, -0.2) is 4.79 Å². The van der Waals surface area contributed by atoms with Crippen LogP contribution in [-0.4, -0.2) is 43.0 Å². The van der Waals surface area contributed by atoms with Crippen LogP contribution in [0.1, 0.15) is 78.1 Å². The molecule has 7 nitrogen and oxygen atoms in total. The molecule has 0 aliphatic heterocycles. The van der Waals surface area contributed by atoms with E-state index < -0.39 is 47.4 Å². The standard InChI is InChI=1S/C26H38O7/c1-5-7-9-11-13-16-15-18(24(28)29)21-20(19(16)25(30)32-3)17(14-12-10-8-6-2)22(23(21)27)26(31)33-4/h15,18-21H,5-14H2,1-4H3,(H,28,29)/t18-,19-,20-,21+/m0/s1. The number of unbranched alkanes of at least 4 members (excludes halogenated alkanes) is 6. The Morgan fingerprint density at radius 2 is 1.48 bits per heavy atom. The number of esters is 2. The largest absolute Gasteiger partial charge is 0.481 e. The van der Waals surface area contributed by atoms with Gasteiger partial charge in [0.15, 0.2) is 5.78 Å². The van der Waals surface area contributed by atoms with Crippen molar-refractivity contribution in [3.63, 3.8) is 0 Å². The van der Waals surface area contributed by atoms with E-state index in [9.17, 15) is 24.3 Å². The molecule has 0 aromatic carbocycles. The lowest BCUT2D eigenvalue weighted by Crippen LogP contribution is -2.42. The second-order valence-electron chi connectivity index (χ2n) is 9.04. The molecule has 2 aliphatic carbocycles. The molecule has 0 bridgehead atoms. The Kier molecular flexibility index (Phi) is 10.3. The van der Waals surface area contributed by atoms with E-state index in [1.54, 1.807) is 6.08 Å². The first kappa shape index (κ1) is 26.8. The van der Waals surface area contributed by atoms with Crippen molar-refractivity contribution in [1.29, 1.82) is 0 Å². The van der Waals surface area contributed by atoms with Crippen LogP contribution in [-0.2, 0) is 28.7 Å². The van der Waals surface area contributed by atoms with E-state index in [2.05, 4.69) is 13.8 Å². The highest BCUT2D eigenvalue weighted by Crippen LogP contribution is 2.52. The van der Waals surface area contributed by atoms with E-state index in [1.165, 1.54) is 14.2 Å². The quantitative estimate of drug-likeness (QED) is 0.184. The van der Waals surface area contributed by atoms with E-state index in [0.29, 0.717) is 24.0 Å². The third-order valence-electron chi connectivity index (χ3n) is 6.95. The highest BCUT2D eigenvalue weighted by Gasteiger charge is 2.56. The van der Waals surface area contributed by atoms with Gasteiger partial charge in [-0.2, -0.15) is 0 Å². The summed E-state index contributed by atoms with van der Waals surface area (Å²) >= 11 is 0. The molecule has 0 unspecified atom stereocenters. The number of allylic oxidation sites excluding steroid dienone is 1. The molecule has 0 aromatic rings. The van der Waals surface area contributed by atoms with Crippen molar-refractivity contribution in [2.24, 2.45) is 23.7 Å². The van der Waals surface area contributed by atoms with Gasteiger partial charge in [-0.15, -0.1) is 0 Å². The van der Waals surface area contributed by atoms with Crippen LogP contribution < -0.4 is 0 Å². The molecule has 0 saturated heterocycles. The number of ether oxygens (including phenoxy) is 2. The number of fused-ring (bicyclic) bond motifs is 1. The Labute approximate surface area is 196 Å². The lowest BCUT2D eigenvalue weighted by atomic mass is 9.65. The van der Waals surface area contributed by atoms with Crippen LogP contribution in [0.3, 0.4) is 0 Å². The first-order valence-corrected chi connectivity index (χ1v) is 12.2. The lowest BCUT2D eigenvalue weighted by Gasteiger charge is -2.37. The van der Waals surface area contributed by atoms with Gasteiger partial charge in [0.1, 0.15) is 5.57 Å². The number of aliphatic carboxylic acids is 1. The van der Waals surface area contributed by atoms with Crippen molar-refractivity contribution in [1.82, 2.24) is 0 Å². The SMILES string of the molecule is CCCCCCC1=C[C@H](C(=O)O)[C@H]2C(=O)C(C(=O)OC)=C(CCCCCC)[C@H]2[C@H]1C(=O)OC. The molecular weight excluding hydrogens is 424 g/mol. The van der Waals surface area contributed by atoms with Crippen LogP contribution in [0.2, 0.25) is 0 Å². The van der Waals surface area contributed by atoms with Crippen molar-refractivity contribution in [2.75, 3.05) is 14.2 Å². The monoisotopic (exact) mass is 462 g/mol. The van der Waals surface area contributed by atoms with Crippen LogP contribution >= 0.6 is 0 Å². The molecule has 0 heterocycles. The third kappa shape index (κ3) is 5.92. The predicted octanol–water partition coefficient (Wildman–Crippen LogP) is 4.64. The molecule has 2 aliphatic rings. The van der Waals surface area contributed by atoms with E-state index in [4.69, 9.17) is 9.47 Å². The molecule has 7 heteroatoms. The van der Waals surface area contributed by atoms with Crippen LogP contribution in [0.4, 0.5) is 0 Å². The zero-order valence-electron chi connectivity index (χ0n) is 20.4. The van der Waals surface area contributed by atoms with Crippen molar-refractivity contribution >= 4 is 23.7 Å². The molecule has 33 heavy (non-hydrogen) atoms. The summed E-state index contributed by atoms with van der Waals surface area (Å²) in [5.41, 5.74) is 1.20. The summed E-state index contributed by atoms with van der Waals surface area (Å²) in [5, 5.41) is 9.98. The summed E-state index contributed by atoms with van der Waals surface area (Å²) in [6, 6.07) is 0. The maximum absolute atomic E-state index is 13.4. The number of Topliss-reactive ketones (excluding diaryl/α,β-unsaturated/α-hetero) is 1. The molecule has 1 N–H and O–H groups in total. The first-order chi connectivity index (χ1) is 15.8. The minimum absolute atomic E-state index is 0.0650. The zero-order valence-corrected chi connectivity index (χ0v) is 20.4. The average molecular weight is 463 g/mol. The Morgan fingerprint density at radius 1 is 0.879 bits per heavy atom. The van der Waals surface area contributed by atoms with Crippen molar-refractivity contribution in [2.45, 2.75) is 78.1 Å². The van der Waals surface area contributed by atoms with Gasteiger partial charge < -0.3 is 14.6 Å². The van der Waals surface area contributed by atoms with Crippen LogP contribution in [0.25, 0.3) is 0 Å². The summed E-state index contributed by atoms with van der Waals surface area (Å²) in [6.45, 7) is 4.20. The number of hydrogen-bond donors (Lipinski definition) is 1. The fourth-order valence-electron chi connectivity index (χ4n) is 5.35. The number of carbonyl (C=O) groups excluding carboxylic acids is 3. The van der Waals surface area contributed by atoms with Gasteiger partial charge in [-0.05, 0) is 31.3 Å². The fraction of sp³-hybridized carbons (Fsp3) is 0.692. The average Bonchev–Trinajstić information content (AvgIpc) is 3.09. The minimum atomic E-state index is -1.12. The van der Waals surface area contributed by atoms with Crippen molar-refractivity contribution < 1.29 is 33.8 Å². The number of hydrogen-bond acceptors (Lipinski definition) is 6. The maximum Gasteiger partial charge on any atom is 0.341 e. The van der Waals surface area contributed by atoms with E-state index in [-0.39, 0.29) is 5.57 Å². The van der Waals surface area contributed by atoms with Crippen LogP contribution in [0, 0.1) is 23.7 Å². The number of carbonyl (C=O) groups is 4. The van der Waals surface area contributed by atoms with Crippen molar-refractivity contribution in [3.05, 3.63) is 22.8 Å². The lowest BCUT2D eigenvalue weighted by molar-refractivity contribution is -0.151. The van der Waals surface area contributed by atoms with E-state index >= 15 is 0 Å². The smallest absolute Gasteiger partial charge is 0.341 e. The number of carboxylic acids is 1. The third-order valence-corrected chi connectivity index (χ3v) is 6.95. The summed E-state index contributed by atoms with van der Waals surface area (Å²) < 4.78 is 10.0. The summed E-state index contributed by atoms with van der Waals surface area (Å²) in [4.78, 5) is 51.3. The molecule has 0 aromatic heterocycles. The van der Waals surface area contributed by atoms with Gasteiger partial charge in [-0.1, -0.05) is 64.0 Å². The highest BCUT2D eigenvalue weighted by molar-refractivity contribution is 6.22. The second-order valence-corrected chi connectivity index (χ2v) is 9.04. The Hall–Kier alpha value is -2.44. The predicted molar refractivity (Wildman–Crippen MR) is 123 cm³/mol. The van der Waals surface area contributed by atoms with E-state index in [1.807, 2.05) is 0 Å². The number of methoxy groups -OCH3 is 2. The molecule has 0 fully saturated rings. The second kappa shape index (κ2) is 12.7. The number of rotatable bonds is 13. The molecular formula is C26H38O7. The van der Waals surface area contributed by atoms with Gasteiger partial charge in [-0.3, -0.25) is 14.4 Å². The Balaban J connectivity index is 2.56. The molecule has 0 radical (unpaired) electrons. The summed E-state index contributed by atoms with van der Waals surface area (Å²) in [7, 11) is 2.52. The van der Waals surface area contributed by atoms with Crippen LogP contribution in [0.15, 0.2) is 22.8 Å². The maximum atomic E-state index is 13.4. The Bertz CT molecular complexity index is 807. The summed E-state index contributed by atoms with van der Waals surface area (Å²) in [5.74, 6) is -6.42. The molecule has 4 atom stereocenters. The summed E-state index contributed by atoms with van der Waals surface area (Å²) in [6.07, 6.45) is 10.2. The number of carboxylic acid groups (broad SMARTS) is 1. The molecule has 0 spiro atoms. The normalized spacial score (nSPS) is 24.4. The van der Waals surface area contributed by atoms with Crippen LogP contribution in [0.5, 0.6) is 0 Å². The fourth-order valence-corrected chi connectivity index (χ4v) is 5.35. The number of ketones is 1.